The van der Waals surface area contributed by atoms with E-state index in [0.29, 0.717) is 0 Å². The molecule has 0 aliphatic rings. The zero-order valence-corrected chi connectivity index (χ0v) is 8.04. The van der Waals surface area contributed by atoms with E-state index in [-0.39, 0.29) is 6.04 Å². The number of pyridine rings is 1. The molecule has 2 nitrogen and oxygen atoms in total. The lowest BCUT2D eigenvalue weighted by Crippen LogP contribution is -2.16. The van der Waals surface area contributed by atoms with E-state index in [1.165, 1.54) is 0 Å². The molecule has 0 saturated heterocycles. The maximum absolute atomic E-state index is 5.32. The second-order valence-corrected chi connectivity index (χ2v) is 2.99. The molecule has 1 atom stereocenters. The van der Waals surface area contributed by atoms with Gasteiger partial charge in [0.05, 0.1) is 6.04 Å². The lowest BCUT2D eigenvalue weighted by atomic mass is 10.2. The Morgan fingerprint density at radius 2 is 2.38 bits per heavy atom. The number of aryl methyl sites for hydroxylation is 1. The Morgan fingerprint density at radius 1 is 1.62 bits per heavy atom. The summed E-state index contributed by atoms with van der Waals surface area (Å²) in [6.07, 6.45) is 8.05. The Labute approximate surface area is 79.4 Å². The van der Waals surface area contributed by atoms with Crippen molar-refractivity contribution in [2.24, 2.45) is 0 Å². The second-order valence-electron chi connectivity index (χ2n) is 2.99. The second kappa shape index (κ2) is 4.51. The fourth-order valence-electron chi connectivity index (χ4n) is 0.993. The first-order chi connectivity index (χ1) is 6.26. The molecule has 0 spiro atoms. The highest BCUT2D eigenvalue weighted by molar-refractivity contribution is 5.38. The molecule has 0 aromatic carbocycles. The van der Waals surface area contributed by atoms with Gasteiger partial charge in [0.1, 0.15) is 5.82 Å². The minimum Gasteiger partial charge on any atom is -0.356 e. The molecule has 2 heteroatoms. The Morgan fingerprint density at radius 3 is 2.85 bits per heavy atom. The van der Waals surface area contributed by atoms with Crippen LogP contribution >= 0.6 is 0 Å². The lowest BCUT2D eigenvalue weighted by molar-refractivity contribution is 0.850. The normalized spacial score (nSPS) is 11.8. The van der Waals surface area contributed by atoms with E-state index in [1.54, 1.807) is 0 Å². The Kier molecular flexibility index (Phi) is 3.33. The van der Waals surface area contributed by atoms with Gasteiger partial charge in [0.2, 0.25) is 0 Å². The van der Waals surface area contributed by atoms with Crippen LogP contribution in [0.3, 0.4) is 0 Å². The van der Waals surface area contributed by atoms with E-state index in [1.807, 2.05) is 32.2 Å². The first-order valence-corrected chi connectivity index (χ1v) is 4.41. The Balaban J connectivity index is 2.64. The van der Waals surface area contributed by atoms with E-state index >= 15 is 0 Å². The highest BCUT2D eigenvalue weighted by atomic mass is 15.0. The van der Waals surface area contributed by atoms with Crippen molar-refractivity contribution in [3.63, 3.8) is 0 Å². The third-order valence-electron chi connectivity index (χ3n) is 1.84. The van der Waals surface area contributed by atoms with Gasteiger partial charge in [-0.2, -0.15) is 0 Å². The minimum atomic E-state index is 0.0789. The first-order valence-electron chi connectivity index (χ1n) is 4.41. The van der Waals surface area contributed by atoms with Crippen molar-refractivity contribution in [2.75, 3.05) is 5.32 Å². The summed E-state index contributed by atoms with van der Waals surface area (Å²) >= 11 is 0. The zero-order valence-electron chi connectivity index (χ0n) is 8.04. The van der Waals surface area contributed by atoms with Gasteiger partial charge in [-0.1, -0.05) is 18.9 Å². The fraction of sp³-hybridized carbons (Fsp3) is 0.364. The molecule has 0 aliphatic carbocycles. The largest absolute Gasteiger partial charge is 0.356 e. The van der Waals surface area contributed by atoms with Gasteiger partial charge in [-0.05, 0) is 25.0 Å². The van der Waals surface area contributed by atoms with Crippen LogP contribution in [-0.4, -0.2) is 11.0 Å². The van der Waals surface area contributed by atoms with Crippen LogP contribution < -0.4 is 5.32 Å². The van der Waals surface area contributed by atoms with Crippen LogP contribution in [0, 0.1) is 19.3 Å². The van der Waals surface area contributed by atoms with Gasteiger partial charge < -0.3 is 5.32 Å². The molecule has 0 bridgehead atoms. The summed E-state index contributed by atoms with van der Waals surface area (Å²) in [7, 11) is 0. The van der Waals surface area contributed by atoms with Crippen LogP contribution in [0.5, 0.6) is 0 Å². The van der Waals surface area contributed by atoms with Crippen molar-refractivity contribution in [3.8, 4) is 12.3 Å². The number of terminal acetylenes is 1. The van der Waals surface area contributed by atoms with Crippen LogP contribution in [0.2, 0.25) is 0 Å². The summed E-state index contributed by atoms with van der Waals surface area (Å²) in [5.74, 6) is 3.51. The summed E-state index contributed by atoms with van der Waals surface area (Å²) in [5.41, 5.74) is 1.15. The summed E-state index contributed by atoms with van der Waals surface area (Å²) in [4.78, 5) is 4.21. The first kappa shape index (κ1) is 9.60. The van der Waals surface area contributed by atoms with Gasteiger partial charge >= 0.3 is 0 Å². The molecule has 68 valence electrons. The highest BCUT2D eigenvalue weighted by Crippen LogP contribution is 2.06. The zero-order chi connectivity index (χ0) is 9.68. The predicted molar refractivity (Wildman–Crippen MR) is 55.5 cm³/mol. The minimum absolute atomic E-state index is 0.0789. The molecular formula is C11H14N2. The van der Waals surface area contributed by atoms with Gasteiger partial charge in [0.15, 0.2) is 0 Å². The molecule has 0 amide bonds. The topological polar surface area (TPSA) is 24.9 Å². The smallest absolute Gasteiger partial charge is 0.126 e. The van der Waals surface area contributed by atoms with E-state index in [2.05, 4.69) is 16.2 Å². The van der Waals surface area contributed by atoms with Gasteiger partial charge in [0.25, 0.3) is 0 Å². The van der Waals surface area contributed by atoms with Crippen molar-refractivity contribution in [2.45, 2.75) is 26.3 Å². The number of rotatable bonds is 3. The number of nitrogens with zero attached hydrogens (tertiary/aromatic N) is 1. The quantitative estimate of drug-likeness (QED) is 0.711. The molecule has 0 saturated carbocycles. The molecule has 1 unspecified atom stereocenters. The van der Waals surface area contributed by atoms with E-state index < -0.39 is 0 Å². The maximum Gasteiger partial charge on any atom is 0.126 e. The standard InChI is InChI=1S/C11H14N2/c1-4-10(5-2)13-11-7-6-9(3)8-12-11/h1,6-8,10H,5H2,2-3H3,(H,12,13). The summed E-state index contributed by atoms with van der Waals surface area (Å²) < 4.78 is 0. The molecule has 13 heavy (non-hydrogen) atoms. The van der Waals surface area contributed by atoms with E-state index in [9.17, 15) is 0 Å². The molecule has 1 heterocycles. The van der Waals surface area contributed by atoms with Crippen molar-refractivity contribution in [3.05, 3.63) is 23.9 Å². The SMILES string of the molecule is C#CC(CC)Nc1ccc(C)cn1. The molecule has 1 N–H and O–H groups in total. The number of anilines is 1. The lowest BCUT2D eigenvalue weighted by Gasteiger charge is -2.10. The summed E-state index contributed by atoms with van der Waals surface area (Å²) in [5, 5.41) is 3.16. The van der Waals surface area contributed by atoms with Crippen LogP contribution in [0.4, 0.5) is 5.82 Å². The van der Waals surface area contributed by atoms with Crippen molar-refractivity contribution in [1.29, 1.82) is 0 Å². The molecule has 0 fully saturated rings. The molecule has 1 aromatic heterocycles. The van der Waals surface area contributed by atoms with E-state index in [4.69, 9.17) is 6.42 Å². The molecular weight excluding hydrogens is 160 g/mol. The fourth-order valence-corrected chi connectivity index (χ4v) is 0.993. The average molecular weight is 174 g/mol. The van der Waals surface area contributed by atoms with Crippen LogP contribution in [0.1, 0.15) is 18.9 Å². The average Bonchev–Trinajstić information content (AvgIpc) is 2.17. The molecule has 1 rings (SSSR count). The molecule has 0 radical (unpaired) electrons. The number of nitrogens with one attached hydrogen (secondary N) is 1. The maximum atomic E-state index is 5.32. The predicted octanol–water partition coefficient (Wildman–Crippen LogP) is 2.21. The van der Waals surface area contributed by atoms with Crippen LogP contribution in [-0.2, 0) is 0 Å². The highest BCUT2D eigenvalue weighted by Gasteiger charge is 2.00. The summed E-state index contributed by atoms with van der Waals surface area (Å²) in [6.45, 7) is 4.06. The monoisotopic (exact) mass is 174 g/mol. The number of hydrogen-bond acceptors (Lipinski definition) is 2. The van der Waals surface area contributed by atoms with Gasteiger partial charge in [-0.3, -0.25) is 0 Å². The van der Waals surface area contributed by atoms with Gasteiger partial charge in [-0.15, -0.1) is 6.42 Å². The van der Waals surface area contributed by atoms with Crippen molar-refractivity contribution in [1.82, 2.24) is 4.98 Å². The third-order valence-corrected chi connectivity index (χ3v) is 1.84. The summed E-state index contributed by atoms with van der Waals surface area (Å²) in [6, 6.07) is 4.03. The van der Waals surface area contributed by atoms with Gasteiger partial charge in [0, 0.05) is 6.20 Å². The van der Waals surface area contributed by atoms with Gasteiger partial charge in [-0.25, -0.2) is 4.98 Å². The molecule has 0 aliphatic heterocycles. The Hall–Kier alpha value is -1.49. The van der Waals surface area contributed by atoms with Crippen LogP contribution in [0.25, 0.3) is 0 Å². The van der Waals surface area contributed by atoms with Crippen molar-refractivity contribution >= 4 is 5.82 Å². The molecule has 1 aromatic rings. The Bertz CT molecular complexity index is 295. The van der Waals surface area contributed by atoms with E-state index in [0.717, 1.165) is 17.8 Å². The number of aromatic nitrogens is 1. The van der Waals surface area contributed by atoms with Crippen LogP contribution in [0.15, 0.2) is 18.3 Å². The van der Waals surface area contributed by atoms with Crippen molar-refractivity contribution < 1.29 is 0 Å². The third kappa shape index (κ3) is 2.79. The number of hydrogen-bond donors (Lipinski definition) is 1.